The quantitative estimate of drug-likeness (QED) is 0.240. The molecule has 0 spiro atoms. The van der Waals surface area contributed by atoms with Crippen molar-refractivity contribution in [1.29, 1.82) is 0 Å². The molecule has 0 fully saturated rings. The Morgan fingerprint density at radius 3 is 1.57 bits per heavy atom. The van der Waals surface area contributed by atoms with Crippen LogP contribution in [0.3, 0.4) is 0 Å². The van der Waals surface area contributed by atoms with Gasteiger partial charge in [0.1, 0.15) is 0 Å². The van der Waals surface area contributed by atoms with Crippen molar-refractivity contribution in [1.82, 2.24) is 5.32 Å². The first-order chi connectivity index (χ1) is 20.4. The van der Waals surface area contributed by atoms with E-state index in [1.807, 2.05) is 84.9 Å². The first-order valence-corrected chi connectivity index (χ1v) is 13.2. The molecule has 0 radical (unpaired) electrons. The maximum Gasteiger partial charge on any atom is 0.337 e. The lowest BCUT2D eigenvalue weighted by atomic mass is 10.1. The van der Waals surface area contributed by atoms with E-state index in [9.17, 15) is 14.4 Å². The van der Waals surface area contributed by atoms with Gasteiger partial charge in [0.25, 0.3) is 0 Å². The van der Waals surface area contributed by atoms with Crippen molar-refractivity contribution in [2.75, 3.05) is 38.5 Å². The topological polar surface area (TPSA) is 123 Å². The van der Waals surface area contributed by atoms with Crippen molar-refractivity contribution < 1.29 is 23.9 Å². The average molecular weight is 571 g/mol. The molecule has 42 heavy (non-hydrogen) atoms. The molecule has 0 bridgehead atoms. The molecule has 4 aromatic carbocycles. The lowest BCUT2D eigenvalue weighted by Gasteiger charge is -2.22. The maximum atomic E-state index is 12.1. The summed E-state index contributed by atoms with van der Waals surface area (Å²) in [5.41, 5.74) is 9.47. The summed E-state index contributed by atoms with van der Waals surface area (Å²) in [4.78, 5) is 36.4. The van der Waals surface area contributed by atoms with Crippen molar-refractivity contribution in [2.45, 2.75) is 13.1 Å². The summed E-state index contributed by atoms with van der Waals surface area (Å²) in [5.74, 6) is -0.685. The van der Waals surface area contributed by atoms with Crippen LogP contribution in [0.1, 0.15) is 31.8 Å². The fourth-order valence-corrected chi connectivity index (χ4v) is 3.71. The van der Waals surface area contributed by atoms with Crippen LogP contribution in [0, 0.1) is 0 Å². The van der Waals surface area contributed by atoms with E-state index >= 15 is 0 Å². The van der Waals surface area contributed by atoms with Gasteiger partial charge in [-0.3, -0.25) is 4.90 Å². The van der Waals surface area contributed by atoms with E-state index in [4.69, 9.17) is 0 Å². The molecule has 0 unspecified atom stereocenters. The largest absolute Gasteiger partial charge is 0.465 e. The van der Waals surface area contributed by atoms with Crippen LogP contribution in [-0.2, 0) is 22.6 Å². The van der Waals surface area contributed by atoms with Crippen molar-refractivity contribution in [2.24, 2.45) is 5.73 Å². The number of carbonyl (C=O) groups is 3. The number of nitrogens with two attached hydrogens (primary N) is 1. The Kier molecular flexibility index (Phi) is 14.4. The Morgan fingerprint density at radius 1 is 0.667 bits per heavy atom. The van der Waals surface area contributed by atoms with E-state index in [1.165, 1.54) is 21.3 Å². The van der Waals surface area contributed by atoms with Crippen LogP contribution >= 0.6 is 0 Å². The molecule has 0 saturated heterocycles. The minimum absolute atomic E-state index is 0.191. The number of nitrogens with zero attached hydrogens (tertiary/aromatic N) is 1. The van der Waals surface area contributed by atoms with Gasteiger partial charge in [-0.05, 0) is 66.7 Å². The fourth-order valence-electron chi connectivity index (χ4n) is 3.71. The summed E-state index contributed by atoms with van der Waals surface area (Å²) < 4.78 is 9.32. The summed E-state index contributed by atoms with van der Waals surface area (Å²) in [7, 11) is 5.82. The summed E-state index contributed by atoms with van der Waals surface area (Å²) in [5, 5.41) is 5.94. The second-order valence-electron chi connectivity index (χ2n) is 8.57. The minimum atomic E-state index is -0.377. The molecular weight excluding hydrogens is 532 g/mol. The number of benzene rings is 4. The number of rotatable bonds is 8. The summed E-state index contributed by atoms with van der Waals surface area (Å²) in [6, 6.07) is 33.6. The van der Waals surface area contributed by atoms with Gasteiger partial charge in [-0.15, -0.1) is 0 Å². The van der Waals surface area contributed by atoms with Gasteiger partial charge in [-0.25, -0.2) is 14.4 Å². The van der Waals surface area contributed by atoms with Crippen LogP contribution in [0.5, 0.6) is 0 Å². The number of para-hydroxylation sites is 2. The third-order valence-corrected chi connectivity index (χ3v) is 5.89. The van der Waals surface area contributed by atoms with Crippen molar-refractivity contribution in [3.05, 3.63) is 131 Å². The monoisotopic (exact) mass is 570 g/mol. The molecule has 4 N–H and O–H groups in total. The number of methoxy groups -OCH3 is 2. The standard InChI is InChI=1S/C17H18N2O3.C15H15NO2.CH5N/c1-18-17(21)19(15-6-4-3-5-7-15)12-13-8-10-14(11-9-13)16(20)22-2;1-18-15(17)13-9-7-12(8-10-13)11-16-14-5-3-2-4-6-14;1-2/h3-11H,12H2,1-2H3,(H,18,21);2-10,16H,11H2,1H3;2H2,1H3. The number of nitrogens with one attached hydrogen (secondary N) is 2. The Labute approximate surface area is 247 Å². The average Bonchev–Trinajstić information content (AvgIpc) is 3.07. The molecule has 0 atom stereocenters. The third-order valence-electron chi connectivity index (χ3n) is 5.89. The third kappa shape index (κ3) is 10.4. The molecule has 0 aromatic heterocycles. The van der Waals surface area contributed by atoms with Crippen LogP contribution in [-0.4, -0.2) is 46.3 Å². The minimum Gasteiger partial charge on any atom is -0.465 e. The van der Waals surface area contributed by atoms with E-state index in [-0.39, 0.29) is 18.0 Å². The van der Waals surface area contributed by atoms with E-state index in [1.54, 1.807) is 36.2 Å². The van der Waals surface area contributed by atoms with Gasteiger partial charge >= 0.3 is 18.0 Å². The number of hydrogen-bond donors (Lipinski definition) is 3. The Morgan fingerprint density at radius 2 is 1.12 bits per heavy atom. The number of amides is 2. The molecule has 0 saturated carbocycles. The summed E-state index contributed by atoms with van der Waals surface area (Å²) in [6.45, 7) is 1.14. The maximum absolute atomic E-state index is 12.1. The van der Waals surface area contributed by atoms with Gasteiger partial charge in [-0.2, -0.15) is 0 Å². The number of carbonyl (C=O) groups excluding carboxylic acids is 3. The summed E-state index contributed by atoms with van der Waals surface area (Å²) in [6.07, 6.45) is 0. The molecule has 0 aliphatic carbocycles. The molecule has 4 aromatic rings. The van der Waals surface area contributed by atoms with Crippen LogP contribution in [0.2, 0.25) is 0 Å². The molecule has 9 nitrogen and oxygen atoms in total. The van der Waals surface area contributed by atoms with Crippen LogP contribution in [0.15, 0.2) is 109 Å². The van der Waals surface area contributed by atoms with E-state index in [2.05, 4.69) is 25.8 Å². The number of urea groups is 1. The molecule has 9 heteroatoms. The predicted molar refractivity (Wildman–Crippen MR) is 167 cm³/mol. The highest BCUT2D eigenvalue weighted by Gasteiger charge is 2.15. The van der Waals surface area contributed by atoms with Gasteiger partial charge < -0.3 is 25.8 Å². The van der Waals surface area contributed by atoms with Gasteiger partial charge in [0.05, 0.1) is 31.9 Å². The van der Waals surface area contributed by atoms with Crippen LogP contribution < -0.4 is 21.3 Å². The molecular formula is C33H38N4O5. The Hall–Kier alpha value is -5.15. The molecule has 4 rings (SSSR count). The molecule has 0 aliphatic rings. The number of anilines is 2. The molecule has 0 heterocycles. The highest BCUT2D eigenvalue weighted by molar-refractivity contribution is 5.92. The van der Waals surface area contributed by atoms with Crippen molar-refractivity contribution in [3.63, 3.8) is 0 Å². The van der Waals surface area contributed by atoms with Crippen molar-refractivity contribution >= 4 is 29.3 Å². The first kappa shape index (κ1) is 33.1. The second-order valence-corrected chi connectivity index (χ2v) is 8.57. The van der Waals surface area contributed by atoms with Crippen LogP contribution in [0.4, 0.5) is 16.2 Å². The zero-order valence-electron chi connectivity index (χ0n) is 24.4. The number of hydrogen-bond acceptors (Lipinski definition) is 7. The lowest BCUT2D eigenvalue weighted by Crippen LogP contribution is -2.37. The molecule has 0 aliphatic heterocycles. The van der Waals surface area contributed by atoms with Crippen molar-refractivity contribution in [3.8, 4) is 0 Å². The first-order valence-electron chi connectivity index (χ1n) is 13.2. The van der Waals surface area contributed by atoms with E-state index in [0.717, 1.165) is 29.0 Å². The molecule has 220 valence electrons. The lowest BCUT2D eigenvalue weighted by molar-refractivity contribution is 0.0592. The normalized spacial score (nSPS) is 9.55. The highest BCUT2D eigenvalue weighted by atomic mass is 16.5. The van der Waals surface area contributed by atoms with Crippen LogP contribution in [0.25, 0.3) is 0 Å². The smallest absolute Gasteiger partial charge is 0.337 e. The van der Waals surface area contributed by atoms with E-state index in [0.29, 0.717) is 17.7 Å². The fraction of sp³-hybridized carbons (Fsp3) is 0.182. The predicted octanol–water partition coefficient (Wildman–Crippen LogP) is 5.48. The SMILES string of the molecule is CN.CNC(=O)N(Cc1ccc(C(=O)OC)cc1)c1ccccc1.COC(=O)c1ccc(CNc2ccccc2)cc1. The highest BCUT2D eigenvalue weighted by Crippen LogP contribution is 2.18. The molecule has 2 amide bonds. The number of esters is 2. The zero-order valence-corrected chi connectivity index (χ0v) is 24.4. The zero-order chi connectivity index (χ0) is 30.7. The summed E-state index contributed by atoms with van der Waals surface area (Å²) >= 11 is 0. The second kappa shape index (κ2) is 18.2. The van der Waals surface area contributed by atoms with Gasteiger partial charge in [0.2, 0.25) is 0 Å². The van der Waals surface area contributed by atoms with Gasteiger partial charge in [0, 0.05) is 25.0 Å². The van der Waals surface area contributed by atoms with E-state index < -0.39 is 0 Å². The Balaban J connectivity index is 0.000000282. The number of ether oxygens (including phenoxy) is 2. The Bertz CT molecular complexity index is 1360. The van der Waals surface area contributed by atoms with Gasteiger partial charge in [0.15, 0.2) is 0 Å². The van der Waals surface area contributed by atoms with Gasteiger partial charge in [-0.1, -0.05) is 60.7 Å².